The molecule has 0 spiro atoms. The molecule has 0 aliphatic carbocycles. The van der Waals surface area contributed by atoms with Gasteiger partial charge in [-0.15, -0.1) is 5.10 Å². The monoisotopic (exact) mass is 575 g/mol. The van der Waals surface area contributed by atoms with Crippen molar-refractivity contribution in [1.82, 2.24) is 9.78 Å². The molecule has 0 aliphatic heterocycles. The molecule has 0 aliphatic rings. The third-order valence-electron chi connectivity index (χ3n) is 6.23. The smallest absolute Gasteiger partial charge is 0.335 e. The number of halogens is 1. The van der Waals surface area contributed by atoms with Gasteiger partial charge in [-0.25, -0.2) is 9.48 Å². The van der Waals surface area contributed by atoms with E-state index in [9.17, 15) is 19.2 Å². The van der Waals surface area contributed by atoms with Gasteiger partial charge in [0.05, 0.1) is 18.2 Å². The van der Waals surface area contributed by atoms with Gasteiger partial charge in [-0.3, -0.25) is 14.4 Å². The molecule has 0 saturated carbocycles. The Morgan fingerprint density at radius 2 is 1.68 bits per heavy atom. The second kappa shape index (κ2) is 13.0. The maximum Gasteiger partial charge on any atom is 0.335 e. The van der Waals surface area contributed by atoms with Crippen LogP contribution in [0.25, 0.3) is 11.1 Å². The third-order valence-corrected chi connectivity index (χ3v) is 6.47. The van der Waals surface area contributed by atoms with E-state index in [-0.39, 0.29) is 41.4 Å². The van der Waals surface area contributed by atoms with E-state index in [0.29, 0.717) is 16.3 Å². The van der Waals surface area contributed by atoms with E-state index in [2.05, 4.69) is 10.4 Å². The zero-order chi connectivity index (χ0) is 29.5. The maximum atomic E-state index is 13.6. The quantitative estimate of drug-likeness (QED) is 0.249. The van der Waals surface area contributed by atoms with E-state index < -0.39 is 23.5 Å². The molecule has 2 N–H and O–H groups in total. The lowest BCUT2D eigenvalue weighted by Crippen LogP contribution is -2.36. The Labute approximate surface area is 240 Å². The fourth-order valence-electron chi connectivity index (χ4n) is 4.26. The highest BCUT2D eigenvalue weighted by Gasteiger charge is 2.27. The van der Waals surface area contributed by atoms with Crippen LogP contribution in [0.3, 0.4) is 0 Å². The van der Waals surface area contributed by atoms with Gasteiger partial charge in [0.1, 0.15) is 12.6 Å². The normalized spacial score (nSPS) is 11.5. The number of rotatable bonds is 11. The molecule has 0 fully saturated rings. The van der Waals surface area contributed by atoms with E-state index in [4.69, 9.17) is 26.2 Å². The molecule has 1 heterocycles. The molecule has 1 unspecified atom stereocenters. The summed E-state index contributed by atoms with van der Waals surface area (Å²) in [5, 5.41) is 16.6. The summed E-state index contributed by atoms with van der Waals surface area (Å²) in [6.45, 7) is -0.186. The lowest BCUT2D eigenvalue weighted by molar-refractivity contribution is -0.119. The number of carbonyl (C=O) groups excluding carboxylic acids is 2. The fourth-order valence-corrected chi connectivity index (χ4v) is 4.43. The van der Waals surface area contributed by atoms with Crippen molar-refractivity contribution in [1.29, 1.82) is 0 Å². The van der Waals surface area contributed by atoms with Gasteiger partial charge in [0.2, 0.25) is 11.8 Å². The van der Waals surface area contributed by atoms with Crippen LogP contribution in [-0.4, -0.2) is 53.4 Å². The van der Waals surface area contributed by atoms with Gasteiger partial charge in [-0.05, 0) is 53.6 Å². The first-order valence-corrected chi connectivity index (χ1v) is 12.8. The number of hydrogen-bond acceptors (Lipinski definition) is 7. The Bertz CT molecular complexity index is 1640. The molecule has 4 aromatic rings. The van der Waals surface area contributed by atoms with Crippen molar-refractivity contribution >= 4 is 34.9 Å². The van der Waals surface area contributed by atoms with Crippen molar-refractivity contribution in [2.45, 2.75) is 12.5 Å². The highest BCUT2D eigenvalue weighted by atomic mass is 35.5. The second-order valence-electron chi connectivity index (χ2n) is 8.97. The first kappa shape index (κ1) is 29.2. The minimum atomic E-state index is -1.11. The van der Waals surface area contributed by atoms with Gasteiger partial charge in [0.25, 0.3) is 5.56 Å². The highest BCUT2D eigenvalue weighted by molar-refractivity contribution is 6.31. The Kier molecular flexibility index (Phi) is 9.28. The third kappa shape index (κ3) is 6.86. The van der Waals surface area contributed by atoms with Crippen LogP contribution in [-0.2, 0) is 16.0 Å². The largest absolute Gasteiger partial charge is 0.480 e. The van der Waals surface area contributed by atoms with Crippen molar-refractivity contribution in [3.63, 3.8) is 0 Å². The number of amides is 1. The van der Waals surface area contributed by atoms with Crippen LogP contribution in [0.4, 0.5) is 5.69 Å². The fraction of sp³-hybridized carbons (Fsp3) is 0.167. The van der Waals surface area contributed by atoms with Gasteiger partial charge in [0.15, 0.2) is 5.78 Å². The lowest BCUT2D eigenvalue weighted by atomic mass is 9.98. The summed E-state index contributed by atoms with van der Waals surface area (Å²) in [7, 11) is 2.76. The van der Waals surface area contributed by atoms with Gasteiger partial charge < -0.3 is 19.9 Å². The predicted molar refractivity (Wildman–Crippen MR) is 153 cm³/mol. The van der Waals surface area contributed by atoms with Crippen LogP contribution in [0.5, 0.6) is 5.88 Å². The van der Waals surface area contributed by atoms with Crippen molar-refractivity contribution in [3.05, 3.63) is 111 Å². The first-order valence-electron chi connectivity index (χ1n) is 12.4. The van der Waals surface area contributed by atoms with Gasteiger partial charge in [0, 0.05) is 35.9 Å². The van der Waals surface area contributed by atoms with Crippen molar-refractivity contribution < 1.29 is 29.0 Å². The molecule has 41 heavy (non-hydrogen) atoms. The number of methoxy groups -OCH3 is 2. The minimum absolute atomic E-state index is 0.00462. The standard InChI is InChI=1S/C30H26ClN3O7/c1-40-17-26(35)22-13-10-20(31)15-23(22)24-16-27(36)34(33-29(24)41-2)25(14-18-6-4-3-5-7-18)28(37)32-21-11-8-19(9-12-21)30(38)39/h3-13,15-16,25H,14,17H2,1-2H3,(H,32,37)(H,38,39). The summed E-state index contributed by atoms with van der Waals surface area (Å²) in [5.74, 6) is -1.99. The number of hydrogen-bond donors (Lipinski definition) is 2. The number of carboxylic acids is 1. The minimum Gasteiger partial charge on any atom is -0.480 e. The topological polar surface area (TPSA) is 137 Å². The molecule has 1 aromatic heterocycles. The number of ketones is 1. The Balaban J connectivity index is 1.79. The van der Waals surface area contributed by atoms with Crippen LogP contribution in [0.15, 0.2) is 83.7 Å². The van der Waals surface area contributed by atoms with E-state index in [1.165, 1.54) is 56.7 Å². The molecule has 0 saturated heterocycles. The molecule has 1 amide bonds. The summed E-state index contributed by atoms with van der Waals surface area (Å²) in [6.07, 6.45) is 0.115. The SMILES string of the molecule is COCC(=O)c1ccc(Cl)cc1-c1cc(=O)n(C(Cc2ccccc2)C(=O)Nc2ccc(C(=O)O)cc2)nc1OC. The molecular weight excluding hydrogens is 550 g/mol. The summed E-state index contributed by atoms with van der Waals surface area (Å²) in [5.41, 5.74) is 1.36. The maximum absolute atomic E-state index is 13.6. The Morgan fingerprint density at radius 3 is 2.32 bits per heavy atom. The number of nitrogens with zero attached hydrogens (tertiary/aromatic N) is 2. The number of ether oxygens (including phenoxy) is 2. The zero-order valence-corrected chi connectivity index (χ0v) is 22.9. The van der Waals surface area contributed by atoms with Crippen LogP contribution >= 0.6 is 11.6 Å². The van der Waals surface area contributed by atoms with E-state index in [0.717, 1.165) is 10.2 Å². The average molecular weight is 576 g/mol. The number of carboxylic acid groups (broad SMARTS) is 1. The van der Waals surface area contributed by atoms with Crippen LogP contribution in [0.1, 0.15) is 32.3 Å². The van der Waals surface area contributed by atoms with Crippen molar-refractivity contribution in [2.24, 2.45) is 0 Å². The number of anilines is 1. The number of benzene rings is 3. The van der Waals surface area contributed by atoms with Gasteiger partial charge in [-0.2, -0.15) is 0 Å². The molecule has 1 atom stereocenters. The van der Waals surface area contributed by atoms with Crippen LogP contribution < -0.4 is 15.6 Å². The summed E-state index contributed by atoms with van der Waals surface area (Å²) in [6, 6.07) is 19.5. The number of carbonyl (C=O) groups is 3. The molecular formula is C30H26ClN3O7. The van der Waals surface area contributed by atoms with Gasteiger partial charge in [-0.1, -0.05) is 41.9 Å². The number of nitrogens with one attached hydrogen (secondary N) is 1. The molecule has 0 radical (unpaired) electrons. The van der Waals surface area contributed by atoms with Gasteiger partial charge >= 0.3 is 5.97 Å². The highest BCUT2D eigenvalue weighted by Crippen LogP contribution is 2.33. The van der Waals surface area contributed by atoms with E-state index in [1.807, 2.05) is 30.3 Å². The van der Waals surface area contributed by atoms with Crippen molar-refractivity contribution in [3.8, 4) is 17.0 Å². The predicted octanol–water partition coefficient (Wildman–Crippen LogP) is 4.52. The van der Waals surface area contributed by atoms with Crippen molar-refractivity contribution in [2.75, 3.05) is 26.1 Å². The second-order valence-corrected chi connectivity index (χ2v) is 9.41. The summed E-state index contributed by atoms with van der Waals surface area (Å²) < 4.78 is 11.5. The molecule has 0 bridgehead atoms. The molecule has 210 valence electrons. The first-order chi connectivity index (χ1) is 19.7. The summed E-state index contributed by atoms with van der Waals surface area (Å²) in [4.78, 5) is 51.0. The Morgan fingerprint density at radius 1 is 0.976 bits per heavy atom. The molecule has 11 heteroatoms. The van der Waals surface area contributed by atoms with Crippen LogP contribution in [0, 0.1) is 0 Å². The molecule has 3 aromatic carbocycles. The van der Waals surface area contributed by atoms with Crippen LogP contribution in [0.2, 0.25) is 5.02 Å². The number of Topliss-reactive ketones (excluding diaryl/α,β-unsaturated/α-hetero) is 1. The number of aromatic carboxylic acids is 1. The number of aromatic nitrogens is 2. The average Bonchev–Trinajstić information content (AvgIpc) is 2.96. The Hall–Kier alpha value is -4.80. The zero-order valence-electron chi connectivity index (χ0n) is 22.2. The summed E-state index contributed by atoms with van der Waals surface area (Å²) >= 11 is 6.23. The lowest BCUT2D eigenvalue weighted by Gasteiger charge is -2.20. The molecule has 10 nitrogen and oxygen atoms in total. The van der Waals surface area contributed by atoms with E-state index in [1.54, 1.807) is 6.07 Å². The van der Waals surface area contributed by atoms with E-state index >= 15 is 0 Å². The molecule has 4 rings (SSSR count).